The van der Waals surface area contributed by atoms with E-state index in [0.717, 1.165) is 25.8 Å². The minimum atomic E-state index is 0.271. The van der Waals surface area contributed by atoms with E-state index < -0.39 is 0 Å². The van der Waals surface area contributed by atoms with Crippen LogP contribution in [0.2, 0.25) is 5.28 Å². The first-order valence-electron chi connectivity index (χ1n) is 5.16. The van der Waals surface area contributed by atoms with E-state index >= 15 is 0 Å². The summed E-state index contributed by atoms with van der Waals surface area (Å²) in [6.07, 6.45) is 0. The number of thiophene rings is 1. The van der Waals surface area contributed by atoms with E-state index in [2.05, 4.69) is 9.97 Å². The van der Waals surface area contributed by atoms with Crippen LogP contribution in [0.5, 0.6) is 0 Å². The number of fused-ring (bicyclic) bond motifs is 1. The summed E-state index contributed by atoms with van der Waals surface area (Å²) < 4.78 is 1.05. The molecule has 0 aliphatic rings. The van der Waals surface area contributed by atoms with Crippen molar-refractivity contribution in [1.82, 2.24) is 9.97 Å². The topological polar surface area (TPSA) is 51.8 Å². The van der Waals surface area contributed by atoms with Gasteiger partial charge in [0.1, 0.15) is 5.03 Å². The third-order valence-electron chi connectivity index (χ3n) is 2.32. The number of hydrogen-bond acceptors (Lipinski definition) is 5. The molecule has 90 valence electrons. The first kappa shape index (κ1) is 11.8. The average molecular weight is 294 g/mol. The summed E-state index contributed by atoms with van der Waals surface area (Å²) in [5.41, 5.74) is 7.38. The highest BCUT2D eigenvalue weighted by Crippen LogP contribution is 2.35. The zero-order valence-corrected chi connectivity index (χ0v) is 11.5. The first-order chi connectivity index (χ1) is 8.72. The quantitative estimate of drug-likeness (QED) is 0.439. The number of nitrogen functional groups attached to an aromatic ring is 1. The van der Waals surface area contributed by atoms with Gasteiger partial charge < -0.3 is 5.73 Å². The molecule has 0 aliphatic carbocycles. The zero-order chi connectivity index (χ0) is 12.5. The first-order valence-corrected chi connectivity index (χ1v) is 7.24. The number of hydrogen-bond donors (Lipinski definition) is 1. The molecule has 18 heavy (non-hydrogen) atoms. The zero-order valence-electron chi connectivity index (χ0n) is 9.13. The van der Waals surface area contributed by atoms with Crippen molar-refractivity contribution in [2.24, 2.45) is 0 Å². The van der Waals surface area contributed by atoms with E-state index in [1.165, 1.54) is 0 Å². The predicted octanol–water partition coefficient (Wildman–Crippen LogP) is 4.08. The van der Waals surface area contributed by atoms with Crippen molar-refractivity contribution in [3.8, 4) is 0 Å². The average Bonchev–Trinajstić information content (AvgIpc) is 2.77. The largest absolute Gasteiger partial charge is 0.399 e. The molecule has 0 saturated carbocycles. The normalized spacial score (nSPS) is 10.9. The number of rotatable bonds is 2. The lowest BCUT2D eigenvalue weighted by Crippen LogP contribution is -1.87. The number of halogens is 1. The SMILES string of the molecule is Nc1cccc(Sc2nc(Cl)nc3ccsc23)c1. The molecular formula is C12H8ClN3S2. The third-order valence-corrected chi connectivity index (χ3v) is 4.50. The standard InChI is InChI=1S/C12H8ClN3S2/c13-12-15-9-4-5-17-10(9)11(16-12)18-8-3-1-2-7(14)6-8/h1-6H,14H2. The molecule has 0 bridgehead atoms. The summed E-state index contributed by atoms with van der Waals surface area (Å²) in [5, 5.41) is 3.12. The maximum atomic E-state index is 5.92. The Morgan fingerprint density at radius 3 is 2.94 bits per heavy atom. The van der Waals surface area contributed by atoms with Gasteiger partial charge in [0.15, 0.2) is 0 Å². The monoisotopic (exact) mass is 293 g/mol. The lowest BCUT2D eigenvalue weighted by atomic mass is 10.3. The Bertz CT molecular complexity index is 711. The molecule has 3 rings (SSSR count). The van der Waals surface area contributed by atoms with Crippen molar-refractivity contribution in [1.29, 1.82) is 0 Å². The van der Waals surface area contributed by atoms with Crippen LogP contribution in [0.4, 0.5) is 5.69 Å². The number of nitrogens with zero attached hydrogens (tertiary/aromatic N) is 2. The molecule has 3 aromatic rings. The molecule has 0 radical (unpaired) electrons. The van der Waals surface area contributed by atoms with E-state index in [1.807, 2.05) is 35.7 Å². The van der Waals surface area contributed by atoms with Crippen molar-refractivity contribution in [2.75, 3.05) is 5.73 Å². The Balaban J connectivity index is 2.06. The summed E-state index contributed by atoms with van der Waals surface area (Å²) in [7, 11) is 0. The van der Waals surface area contributed by atoms with Crippen molar-refractivity contribution in [3.05, 3.63) is 41.0 Å². The summed E-state index contributed by atoms with van der Waals surface area (Å²) in [4.78, 5) is 9.51. The molecule has 0 fully saturated rings. The van der Waals surface area contributed by atoms with Crippen molar-refractivity contribution in [3.63, 3.8) is 0 Å². The van der Waals surface area contributed by atoms with Gasteiger partial charge in [0.25, 0.3) is 0 Å². The lowest BCUT2D eigenvalue weighted by Gasteiger charge is -2.03. The van der Waals surface area contributed by atoms with Crippen LogP contribution in [0.1, 0.15) is 0 Å². The molecule has 2 aromatic heterocycles. The van der Waals surface area contributed by atoms with Gasteiger partial charge in [-0.25, -0.2) is 9.97 Å². The van der Waals surface area contributed by atoms with Gasteiger partial charge in [0, 0.05) is 10.6 Å². The van der Waals surface area contributed by atoms with Crippen LogP contribution in [0.3, 0.4) is 0 Å². The van der Waals surface area contributed by atoms with E-state index in [-0.39, 0.29) is 5.28 Å². The molecule has 0 spiro atoms. The van der Waals surface area contributed by atoms with Gasteiger partial charge in [-0.05, 0) is 41.2 Å². The van der Waals surface area contributed by atoms with Crippen LogP contribution in [0.25, 0.3) is 10.2 Å². The van der Waals surface area contributed by atoms with E-state index in [0.29, 0.717) is 0 Å². The second-order valence-corrected chi connectivity index (χ2v) is 5.92. The van der Waals surface area contributed by atoms with Crippen molar-refractivity contribution < 1.29 is 0 Å². The Kier molecular flexibility index (Phi) is 3.11. The number of nitrogens with two attached hydrogens (primary N) is 1. The summed E-state index contributed by atoms with van der Waals surface area (Å²) in [6, 6.07) is 9.64. The summed E-state index contributed by atoms with van der Waals surface area (Å²) in [6.45, 7) is 0. The molecule has 0 aliphatic heterocycles. The summed E-state index contributed by atoms with van der Waals surface area (Å²) in [5.74, 6) is 0. The van der Waals surface area contributed by atoms with Crippen LogP contribution in [-0.4, -0.2) is 9.97 Å². The van der Waals surface area contributed by atoms with Crippen LogP contribution < -0.4 is 5.73 Å². The highest BCUT2D eigenvalue weighted by atomic mass is 35.5. The van der Waals surface area contributed by atoms with E-state index in [9.17, 15) is 0 Å². The molecule has 1 aromatic carbocycles. The van der Waals surface area contributed by atoms with Gasteiger partial charge in [-0.15, -0.1) is 11.3 Å². The van der Waals surface area contributed by atoms with Crippen LogP contribution in [-0.2, 0) is 0 Å². The van der Waals surface area contributed by atoms with E-state index in [4.69, 9.17) is 17.3 Å². The summed E-state index contributed by atoms with van der Waals surface area (Å²) >= 11 is 9.08. The molecule has 0 atom stereocenters. The molecule has 0 unspecified atom stereocenters. The Morgan fingerprint density at radius 1 is 1.22 bits per heavy atom. The van der Waals surface area contributed by atoms with Crippen molar-refractivity contribution >= 4 is 50.6 Å². The molecule has 2 heterocycles. The fourth-order valence-electron chi connectivity index (χ4n) is 1.57. The smallest absolute Gasteiger partial charge is 0.224 e. The number of benzene rings is 1. The van der Waals surface area contributed by atoms with Gasteiger partial charge in [-0.1, -0.05) is 17.8 Å². The molecule has 3 nitrogen and oxygen atoms in total. The highest BCUT2D eigenvalue weighted by Gasteiger charge is 2.09. The van der Waals surface area contributed by atoms with Gasteiger partial charge in [-0.2, -0.15) is 0 Å². The van der Waals surface area contributed by atoms with Crippen LogP contribution in [0, 0.1) is 0 Å². The maximum Gasteiger partial charge on any atom is 0.224 e. The Hall–Kier alpha value is -1.30. The van der Waals surface area contributed by atoms with Gasteiger partial charge in [0.05, 0.1) is 10.2 Å². The molecule has 0 saturated heterocycles. The van der Waals surface area contributed by atoms with Crippen molar-refractivity contribution in [2.45, 2.75) is 9.92 Å². The second-order valence-electron chi connectivity index (χ2n) is 3.61. The molecular weight excluding hydrogens is 286 g/mol. The van der Waals surface area contributed by atoms with Gasteiger partial charge in [-0.3, -0.25) is 0 Å². The van der Waals surface area contributed by atoms with Crippen LogP contribution in [0.15, 0.2) is 45.6 Å². The predicted molar refractivity (Wildman–Crippen MR) is 77.4 cm³/mol. The van der Waals surface area contributed by atoms with Gasteiger partial charge >= 0.3 is 0 Å². The molecule has 0 amide bonds. The highest BCUT2D eigenvalue weighted by molar-refractivity contribution is 7.99. The third kappa shape index (κ3) is 2.29. The Morgan fingerprint density at radius 2 is 2.11 bits per heavy atom. The Labute approximate surface area is 117 Å². The second kappa shape index (κ2) is 4.76. The maximum absolute atomic E-state index is 5.92. The lowest BCUT2D eigenvalue weighted by molar-refractivity contribution is 1.11. The minimum Gasteiger partial charge on any atom is -0.399 e. The molecule has 6 heteroatoms. The molecule has 2 N–H and O–H groups in total. The fourth-order valence-corrected chi connectivity index (χ4v) is 3.67. The van der Waals surface area contributed by atoms with E-state index in [1.54, 1.807) is 23.1 Å². The van der Waals surface area contributed by atoms with Gasteiger partial charge in [0.2, 0.25) is 5.28 Å². The van der Waals surface area contributed by atoms with Crippen LogP contribution >= 0.6 is 34.7 Å². The number of anilines is 1. The fraction of sp³-hybridized carbons (Fsp3) is 0. The number of aromatic nitrogens is 2. The minimum absolute atomic E-state index is 0.271.